The molecule has 0 amide bonds. The molecule has 0 aromatic carbocycles. The van der Waals surface area contributed by atoms with Gasteiger partial charge in [-0.25, -0.2) is 13.8 Å². The second-order valence-corrected chi connectivity index (χ2v) is 5.04. The third-order valence-electron chi connectivity index (χ3n) is 3.79. The van der Waals surface area contributed by atoms with Gasteiger partial charge in [0.2, 0.25) is 0 Å². The fraction of sp³-hybridized carbons (Fsp3) is 0.643. The van der Waals surface area contributed by atoms with Crippen molar-refractivity contribution >= 4 is 5.82 Å². The molecule has 1 aliphatic rings. The van der Waals surface area contributed by atoms with Crippen molar-refractivity contribution in [1.82, 2.24) is 4.98 Å². The smallest absolute Gasteiger partial charge is 0.168 e. The molecule has 1 fully saturated rings. The van der Waals surface area contributed by atoms with Crippen molar-refractivity contribution in [2.45, 2.75) is 51.5 Å². The lowest BCUT2D eigenvalue weighted by Crippen LogP contribution is -2.30. The van der Waals surface area contributed by atoms with Gasteiger partial charge in [-0.3, -0.25) is 0 Å². The van der Waals surface area contributed by atoms with Gasteiger partial charge in [0.1, 0.15) is 5.82 Å². The molecule has 0 aliphatic heterocycles. The van der Waals surface area contributed by atoms with Crippen molar-refractivity contribution in [3.8, 4) is 0 Å². The van der Waals surface area contributed by atoms with E-state index in [1.54, 1.807) is 0 Å². The fourth-order valence-electron chi connectivity index (χ4n) is 2.79. The Morgan fingerprint density at radius 1 is 1.33 bits per heavy atom. The summed E-state index contributed by atoms with van der Waals surface area (Å²) >= 11 is 0. The van der Waals surface area contributed by atoms with Gasteiger partial charge in [0.25, 0.3) is 0 Å². The van der Waals surface area contributed by atoms with E-state index in [-0.39, 0.29) is 11.9 Å². The van der Waals surface area contributed by atoms with E-state index in [4.69, 9.17) is 0 Å². The normalized spacial score (nSPS) is 18.6. The minimum absolute atomic E-state index is 0.175. The molecule has 100 valence electrons. The highest BCUT2D eigenvalue weighted by atomic mass is 19.1. The van der Waals surface area contributed by atoms with Crippen LogP contribution in [0.4, 0.5) is 14.6 Å². The summed E-state index contributed by atoms with van der Waals surface area (Å²) in [6.45, 7) is 2.09. The van der Waals surface area contributed by atoms with Crippen LogP contribution in [0.25, 0.3) is 0 Å². The van der Waals surface area contributed by atoms with Crippen molar-refractivity contribution in [2.75, 3.05) is 5.32 Å². The van der Waals surface area contributed by atoms with Crippen LogP contribution >= 0.6 is 0 Å². The first kappa shape index (κ1) is 13.2. The predicted molar refractivity (Wildman–Crippen MR) is 68.4 cm³/mol. The van der Waals surface area contributed by atoms with E-state index >= 15 is 0 Å². The number of rotatable bonds is 4. The number of hydrogen-bond acceptors (Lipinski definition) is 2. The number of anilines is 1. The quantitative estimate of drug-likeness (QED) is 0.873. The first-order valence-electron chi connectivity index (χ1n) is 6.78. The zero-order valence-electron chi connectivity index (χ0n) is 10.8. The molecule has 1 heterocycles. The van der Waals surface area contributed by atoms with Crippen LogP contribution in [-0.4, -0.2) is 11.0 Å². The zero-order chi connectivity index (χ0) is 13.0. The summed E-state index contributed by atoms with van der Waals surface area (Å²) in [6, 6.07) is 1.11. The Morgan fingerprint density at radius 3 is 2.67 bits per heavy atom. The average molecular weight is 254 g/mol. The Bertz CT molecular complexity index is 389. The van der Waals surface area contributed by atoms with Gasteiger partial charge in [-0.1, -0.05) is 26.2 Å². The third kappa shape index (κ3) is 3.18. The number of nitrogens with one attached hydrogen (secondary N) is 1. The molecule has 1 saturated carbocycles. The molecular weight excluding hydrogens is 234 g/mol. The van der Waals surface area contributed by atoms with E-state index in [2.05, 4.69) is 17.2 Å². The second kappa shape index (κ2) is 6.12. The monoisotopic (exact) mass is 254 g/mol. The lowest BCUT2D eigenvalue weighted by atomic mass is 9.83. The van der Waals surface area contributed by atoms with Crippen LogP contribution in [0, 0.1) is 17.6 Å². The van der Waals surface area contributed by atoms with Gasteiger partial charge in [0.05, 0.1) is 6.20 Å². The molecule has 1 unspecified atom stereocenters. The maximum atomic E-state index is 13.5. The van der Waals surface area contributed by atoms with Crippen molar-refractivity contribution in [1.29, 1.82) is 0 Å². The van der Waals surface area contributed by atoms with Gasteiger partial charge < -0.3 is 5.32 Å². The SMILES string of the molecule is CCC(Nc1ncc(F)cc1F)C1CCCCC1. The topological polar surface area (TPSA) is 24.9 Å². The van der Waals surface area contributed by atoms with Crippen LogP contribution in [0.1, 0.15) is 45.4 Å². The fourth-order valence-corrected chi connectivity index (χ4v) is 2.79. The van der Waals surface area contributed by atoms with Crippen molar-refractivity contribution < 1.29 is 8.78 Å². The predicted octanol–water partition coefficient (Wildman–Crippen LogP) is 4.13. The van der Waals surface area contributed by atoms with Gasteiger partial charge in [0, 0.05) is 12.1 Å². The maximum absolute atomic E-state index is 13.5. The lowest BCUT2D eigenvalue weighted by molar-refractivity contribution is 0.312. The van der Waals surface area contributed by atoms with Crippen molar-refractivity contribution in [3.63, 3.8) is 0 Å². The molecule has 2 rings (SSSR count). The minimum Gasteiger partial charge on any atom is -0.365 e. The van der Waals surface area contributed by atoms with E-state index in [0.29, 0.717) is 5.92 Å². The number of hydrogen-bond donors (Lipinski definition) is 1. The molecule has 18 heavy (non-hydrogen) atoms. The van der Waals surface area contributed by atoms with E-state index in [0.717, 1.165) is 18.7 Å². The minimum atomic E-state index is -0.635. The largest absolute Gasteiger partial charge is 0.365 e. The molecule has 0 bridgehead atoms. The van der Waals surface area contributed by atoms with Crippen LogP contribution in [0.2, 0.25) is 0 Å². The first-order valence-corrected chi connectivity index (χ1v) is 6.78. The van der Waals surface area contributed by atoms with Crippen molar-refractivity contribution in [2.24, 2.45) is 5.92 Å². The molecule has 2 nitrogen and oxygen atoms in total. The van der Waals surface area contributed by atoms with Gasteiger partial charge in [-0.05, 0) is 25.2 Å². The molecule has 0 saturated heterocycles. The molecule has 1 aromatic rings. The molecule has 4 heteroatoms. The maximum Gasteiger partial charge on any atom is 0.168 e. The van der Waals surface area contributed by atoms with Crippen LogP contribution in [0.5, 0.6) is 0 Å². The summed E-state index contributed by atoms with van der Waals surface area (Å²) in [5, 5.41) is 3.14. The lowest BCUT2D eigenvalue weighted by Gasteiger charge is -2.30. The van der Waals surface area contributed by atoms with E-state index in [9.17, 15) is 8.78 Å². The molecular formula is C14H20F2N2. The summed E-state index contributed by atoms with van der Waals surface area (Å²) < 4.78 is 26.3. The Balaban J connectivity index is 2.04. The number of nitrogens with zero attached hydrogens (tertiary/aromatic N) is 1. The number of halogens is 2. The zero-order valence-corrected chi connectivity index (χ0v) is 10.8. The molecule has 1 aliphatic carbocycles. The van der Waals surface area contributed by atoms with E-state index in [1.165, 1.54) is 32.1 Å². The summed E-state index contributed by atoms with van der Waals surface area (Å²) in [4.78, 5) is 3.80. The molecule has 1 atom stereocenters. The Labute approximate surface area is 107 Å². The summed E-state index contributed by atoms with van der Waals surface area (Å²) in [7, 11) is 0. The molecule has 0 spiro atoms. The highest BCUT2D eigenvalue weighted by Crippen LogP contribution is 2.29. The van der Waals surface area contributed by atoms with E-state index in [1.807, 2.05) is 0 Å². The number of pyridine rings is 1. The van der Waals surface area contributed by atoms with Crippen LogP contribution in [0.3, 0.4) is 0 Å². The average Bonchev–Trinajstić information content (AvgIpc) is 2.39. The Kier molecular flexibility index (Phi) is 4.50. The summed E-state index contributed by atoms with van der Waals surface area (Å²) in [5.74, 6) is -0.489. The Morgan fingerprint density at radius 2 is 2.06 bits per heavy atom. The molecule has 0 radical (unpaired) electrons. The highest BCUT2D eigenvalue weighted by molar-refractivity contribution is 5.37. The van der Waals surface area contributed by atoms with Crippen LogP contribution < -0.4 is 5.32 Å². The Hall–Kier alpha value is -1.19. The summed E-state index contributed by atoms with van der Waals surface area (Å²) in [5.41, 5.74) is 0. The molecule has 1 N–H and O–H groups in total. The highest BCUT2D eigenvalue weighted by Gasteiger charge is 2.23. The number of aromatic nitrogens is 1. The van der Waals surface area contributed by atoms with Gasteiger partial charge in [-0.15, -0.1) is 0 Å². The second-order valence-electron chi connectivity index (χ2n) is 5.04. The van der Waals surface area contributed by atoms with Gasteiger partial charge in [-0.2, -0.15) is 0 Å². The van der Waals surface area contributed by atoms with Crippen LogP contribution in [-0.2, 0) is 0 Å². The summed E-state index contributed by atoms with van der Waals surface area (Å²) in [6.07, 6.45) is 8.17. The first-order chi connectivity index (χ1) is 8.70. The van der Waals surface area contributed by atoms with Crippen LogP contribution in [0.15, 0.2) is 12.3 Å². The van der Waals surface area contributed by atoms with E-state index < -0.39 is 11.6 Å². The molecule has 1 aromatic heterocycles. The van der Waals surface area contributed by atoms with Gasteiger partial charge in [0.15, 0.2) is 11.6 Å². The third-order valence-corrected chi connectivity index (χ3v) is 3.79. The van der Waals surface area contributed by atoms with Gasteiger partial charge >= 0.3 is 0 Å². The van der Waals surface area contributed by atoms with Crippen molar-refractivity contribution in [3.05, 3.63) is 23.9 Å². The standard InChI is InChI=1S/C14H20F2N2/c1-2-13(10-6-4-3-5-7-10)18-14-12(16)8-11(15)9-17-14/h8-10,13H,2-7H2,1H3,(H,17,18).